The van der Waals surface area contributed by atoms with E-state index in [9.17, 15) is 0 Å². The third-order valence-electron chi connectivity index (χ3n) is 2.58. The minimum absolute atomic E-state index is 0.145. The van der Waals surface area contributed by atoms with E-state index in [1.165, 1.54) is 0 Å². The molecule has 0 bridgehead atoms. The highest BCUT2D eigenvalue weighted by atomic mass is 79.9. The SMILES string of the molecule is CN(C)CCN(C)C(CN)c1ccc(Br)o1. The average Bonchev–Trinajstić information content (AvgIpc) is 2.63. The summed E-state index contributed by atoms with van der Waals surface area (Å²) in [6.07, 6.45) is 0. The van der Waals surface area contributed by atoms with Crippen LogP contribution in [0.1, 0.15) is 11.8 Å². The van der Waals surface area contributed by atoms with Crippen molar-refractivity contribution in [1.82, 2.24) is 9.80 Å². The smallest absolute Gasteiger partial charge is 0.169 e. The molecule has 0 fully saturated rings. The van der Waals surface area contributed by atoms with Gasteiger partial charge in [-0.15, -0.1) is 0 Å². The number of hydrogen-bond acceptors (Lipinski definition) is 4. The molecule has 0 aliphatic carbocycles. The van der Waals surface area contributed by atoms with Gasteiger partial charge in [0, 0.05) is 19.6 Å². The lowest BCUT2D eigenvalue weighted by molar-refractivity contribution is 0.199. The summed E-state index contributed by atoms with van der Waals surface area (Å²) >= 11 is 3.31. The second-order valence-corrected chi connectivity index (χ2v) is 4.96. The number of nitrogens with two attached hydrogens (primary N) is 1. The predicted octanol–water partition coefficient (Wildman–Crippen LogP) is 1.54. The molecule has 0 aliphatic heterocycles. The van der Waals surface area contributed by atoms with Crippen LogP contribution in [0.2, 0.25) is 0 Å². The number of furan rings is 1. The van der Waals surface area contributed by atoms with Gasteiger partial charge in [0.05, 0.1) is 6.04 Å². The maximum absolute atomic E-state index is 5.79. The van der Waals surface area contributed by atoms with Gasteiger partial charge in [0.15, 0.2) is 4.67 Å². The summed E-state index contributed by atoms with van der Waals surface area (Å²) in [4.78, 5) is 4.37. The van der Waals surface area contributed by atoms with Gasteiger partial charge in [0.25, 0.3) is 0 Å². The summed E-state index contributed by atoms with van der Waals surface area (Å²) in [5.74, 6) is 0.913. The number of nitrogens with zero attached hydrogens (tertiary/aromatic N) is 2. The summed E-state index contributed by atoms with van der Waals surface area (Å²) in [6.45, 7) is 2.53. The van der Waals surface area contributed by atoms with Crippen molar-refractivity contribution in [3.63, 3.8) is 0 Å². The molecule has 1 rings (SSSR count). The maximum atomic E-state index is 5.79. The molecule has 0 radical (unpaired) electrons. The van der Waals surface area contributed by atoms with E-state index in [-0.39, 0.29) is 6.04 Å². The van der Waals surface area contributed by atoms with Crippen LogP contribution in [-0.4, -0.2) is 50.6 Å². The normalized spacial score (nSPS) is 13.7. The Labute approximate surface area is 106 Å². The molecule has 1 unspecified atom stereocenters. The van der Waals surface area contributed by atoms with Crippen LogP contribution in [0.5, 0.6) is 0 Å². The van der Waals surface area contributed by atoms with Gasteiger partial charge in [-0.25, -0.2) is 0 Å². The fourth-order valence-corrected chi connectivity index (χ4v) is 1.85. The molecule has 92 valence electrons. The van der Waals surface area contributed by atoms with Crippen LogP contribution >= 0.6 is 15.9 Å². The molecule has 0 amide bonds. The first kappa shape index (κ1) is 13.7. The van der Waals surface area contributed by atoms with Gasteiger partial charge >= 0.3 is 0 Å². The fourth-order valence-electron chi connectivity index (χ4n) is 1.53. The molecule has 0 aromatic carbocycles. The lowest BCUT2D eigenvalue weighted by Crippen LogP contribution is -2.35. The average molecular weight is 290 g/mol. The summed E-state index contributed by atoms with van der Waals surface area (Å²) < 4.78 is 6.30. The van der Waals surface area contributed by atoms with Gasteiger partial charge in [-0.3, -0.25) is 4.90 Å². The third-order valence-corrected chi connectivity index (χ3v) is 3.00. The van der Waals surface area contributed by atoms with Crippen LogP contribution in [0.4, 0.5) is 0 Å². The summed E-state index contributed by atoms with van der Waals surface area (Å²) in [7, 11) is 6.20. The highest BCUT2D eigenvalue weighted by Gasteiger charge is 2.18. The third kappa shape index (κ3) is 3.90. The topological polar surface area (TPSA) is 45.6 Å². The molecule has 1 atom stereocenters. The highest BCUT2D eigenvalue weighted by molar-refractivity contribution is 9.10. The number of likely N-dealkylation sites (N-methyl/N-ethyl adjacent to an activating group) is 2. The van der Waals surface area contributed by atoms with Crippen LogP contribution in [-0.2, 0) is 0 Å². The molecule has 1 heterocycles. The molecule has 2 N–H and O–H groups in total. The number of halogens is 1. The van der Waals surface area contributed by atoms with E-state index in [0.717, 1.165) is 23.5 Å². The summed E-state index contributed by atoms with van der Waals surface area (Å²) in [5.41, 5.74) is 5.79. The van der Waals surface area contributed by atoms with Crippen LogP contribution in [0.3, 0.4) is 0 Å². The Morgan fingerprint density at radius 3 is 2.44 bits per heavy atom. The molecule has 0 spiro atoms. The van der Waals surface area contributed by atoms with Crippen LogP contribution in [0.15, 0.2) is 21.2 Å². The second kappa shape index (κ2) is 6.39. The molecular formula is C11H20BrN3O. The molecule has 1 aromatic heterocycles. The first-order valence-corrected chi connectivity index (χ1v) is 6.14. The minimum Gasteiger partial charge on any atom is -0.453 e. The monoisotopic (exact) mass is 289 g/mol. The lowest BCUT2D eigenvalue weighted by atomic mass is 10.2. The fraction of sp³-hybridized carbons (Fsp3) is 0.636. The van der Waals surface area contributed by atoms with E-state index in [1.54, 1.807) is 0 Å². The summed E-state index contributed by atoms with van der Waals surface area (Å²) in [5, 5.41) is 0. The van der Waals surface area contributed by atoms with Gasteiger partial charge < -0.3 is 15.1 Å². The van der Waals surface area contributed by atoms with Gasteiger partial charge in [0.1, 0.15) is 5.76 Å². The zero-order chi connectivity index (χ0) is 12.1. The van der Waals surface area contributed by atoms with Crippen LogP contribution in [0, 0.1) is 0 Å². The predicted molar refractivity (Wildman–Crippen MR) is 69.4 cm³/mol. The lowest BCUT2D eigenvalue weighted by Gasteiger charge is -2.26. The largest absolute Gasteiger partial charge is 0.453 e. The highest BCUT2D eigenvalue weighted by Crippen LogP contribution is 2.23. The van der Waals surface area contributed by atoms with E-state index in [4.69, 9.17) is 10.2 Å². The second-order valence-electron chi connectivity index (χ2n) is 4.18. The first-order valence-electron chi connectivity index (χ1n) is 5.35. The first-order chi connectivity index (χ1) is 7.54. The van der Waals surface area contributed by atoms with Crippen LogP contribution < -0.4 is 5.73 Å². The van der Waals surface area contributed by atoms with Crippen molar-refractivity contribution in [2.75, 3.05) is 40.8 Å². The van der Waals surface area contributed by atoms with E-state index in [0.29, 0.717) is 6.54 Å². The molecule has 1 aromatic rings. The Morgan fingerprint density at radius 1 is 1.31 bits per heavy atom. The quantitative estimate of drug-likeness (QED) is 0.863. The Morgan fingerprint density at radius 2 is 2.00 bits per heavy atom. The van der Waals surface area contributed by atoms with Gasteiger partial charge in [-0.05, 0) is 49.2 Å². The Hall–Kier alpha value is -0.360. The molecule has 0 saturated heterocycles. The van der Waals surface area contributed by atoms with Crippen molar-refractivity contribution >= 4 is 15.9 Å². The van der Waals surface area contributed by atoms with Crippen molar-refractivity contribution in [2.24, 2.45) is 5.73 Å². The van der Waals surface area contributed by atoms with Crippen molar-refractivity contribution in [2.45, 2.75) is 6.04 Å². The van der Waals surface area contributed by atoms with Gasteiger partial charge in [-0.1, -0.05) is 0 Å². The molecule has 0 aliphatic rings. The van der Waals surface area contributed by atoms with E-state index in [1.807, 2.05) is 12.1 Å². The molecular weight excluding hydrogens is 270 g/mol. The van der Waals surface area contributed by atoms with E-state index >= 15 is 0 Å². The number of rotatable bonds is 6. The van der Waals surface area contributed by atoms with Crippen molar-refractivity contribution in [1.29, 1.82) is 0 Å². The molecule has 4 nitrogen and oxygen atoms in total. The van der Waals surface area contributed by atoms with E-state index < -0.39 is 0 Å². The molecule has 0 saturated carbocycles. The zero-order valence-electron chi connectivity index (χ0n) is 10.1. The van der Waals surface area contributed by atoms with Crippen molar-refractivity contribution in [3.8, 4) is 0 Å². The molecule has 16 heavy (non-hydrogen) atoms. The van der Waals surface area contributed by atoms with Crippen LogP contribution in [0.25, 0.3) is 0 Å². The van der Waals surface area contributed by atoms with Gasteiger partial charge in [-0.2, -0.15) is 0 Å². The zero-order valence-corrected chi connectivity index (χ0v) is 11.7. The van der Waals surface area contributed by atoms with Crippen molar-refractivity contribution in [3.05, 3.63) is 22.6 Å². The standard InChI is InChI=1S/C11H20BrN3O/c1-14(2)6-7-15(3)9(8-13)10-4-5-11(12)16-10/h4-5,9H,6-8,13H2,1-3H3. The Bertz CT molecular complexity index is 314. The van der Waals surface area contributed by atoms with Gasteiger partial charge in [0.2, 0.25) is 0 Å². The Kier molecular flexibility index (Phi) is 5.48. The summed E-state index contributed by atoms with van der Waals surface area (Å²) in [6, 6.07) is 4.01. The number of hydrogen-bond donors (Lipinski definition) is 1. The minimum atomic E-state index is 0.145. The maximum Gasteiger partial charge on any atom is 0.169 e. The Balaban J connectivity index is 2.59. The van der Waals surface area contributed by atoms with E-state index in [2.05, 4.69) is 46.9 Å². The molecule has 5 heteroatoms. The van der Waals surface area contributed by atoms with Crippen molar-refractivity contribution < 1.29 is 4.42 Å².